The molecule has 0 unspecified atom stereocenters. The number of hydrogen-bond donors (Lipinski definition) is 1. The molecule has 2 fully saturated rings. The highest BCUT2D eigenvalue weighted by molar-refractivity contribution is 6.30. The summed E-state index contributed by atoms with van der Waals surface area (Å²) in [4.78, 5) is 9.55. The summed E-state index contributed by atoms with van der Waals surface area (Å²) in [5.41, 5.74) is 1.30. The number of aliphatic hydroxyl groups is 1. The Kier molecular flexibility index (Phi) is 5.96. The average Bonchev–Trinajstić information content (AvgIpc) is 2.71. The Morgan fingerprint density at radius 1 is 1.00 bits per heavy atom. The second-order valence-electron chi connectivity index (χ2n) is 7.81. The van der Waals surface area contributed by atoms with Crippen LogP contribution in [0.2, 0.25) is 5.02 Å². The van der Waals surface area contributed by atoms with Crippen LogP contribution in [0.25, 0.3) is 0 Å². The molecular formula is C22H28ClN3O. The fourth-order valence-corrected chi connectivity index (χ4v) is 4.72. The summed E-state index contributed by atoms with van der Waals surface area (Å²) in [6.45, 7) is 3.09. The zero-order chi connectivity index (χ0) is 18.6. The molecule has 4 rings (SSSR count). The SMILES string of the molecule is O[C@H]1CCN(C2CCN(c3ccccn3)CC2)[C@@H](Cc2ccc(Cl)cc2)C1. The highest BCUT2D eigenvalue weighted by atomic mass is 35.5. The van der Waals surface area contributed by atoms with E-state index in [1.807, 2.05) is 24.4 Å². The van der Waals surface area contributed by atoms with Crippen molar-refractivity contribution in [3.05, 3.63) is 59.2 Å². The van der Waals surface area contributed by atoms with E-state index in [0.29, 0.717) is 12.1 Å². The summed E-state index contributed by atoms with van der Waals surface area (Å²) in [7, 11) is 0. The lowest BCUT2D eigenvalue weighted by Gasteiger charge is -2.46. The fourth-order valence-electron chi connectivity index (χ4n) is 4.59. The first-order valence-corrected chi connectivity index (χ1v) is 10.4. The molecule has 0 amide bonds. The van der Waals surface area contributed by atoms with E-state index < -0.39 is 0 Å². The molecule has 27 heavy (non-hydrogen) atoms. The molecule has 3 heterocycles. The number of rotatable bonds is 4. The van der Waals surface area contributed by atoms with Gasteiger partial charge in [-0.3, -0.25) is 4.90 Å². The van der Waals surface area contributed by atoms with E-state index in [0.717, 1.165) is 62.6 Å². The zero-order valence-electron chi connectivity index (χ0n) is 15.7. The third kappa shape index (κ3) is 4.63. The van der Waals surface area contributed by atoms with Gasteiger partial charge in [-0.05, 0) is 61.9 Å². The van der Waals surface area contributed by atoms with E-state index >= 15 is 0 Å². The number of hydrogen-bond acceptors (Lipinski definition) is 4. The first-order chi connectivity index (χ1) is 13.2. The monoisotopic (exact) mass is 385 g/mol. The molecule has 2 aliphatic rings. The van der Waals surface area contributed by atoms with E-state index in [-0.39, 0.29) is 6.10 Å². The van der Waals surface area contributed by atoms with Crippen molar-refractivity contribution in [2.24, 2.45) is 0 Å². The lowest BCUT2D eigenvalue weighted by Crippen LogP contribution is -2.54. The second kappa shape index (κ2) is 8.59. The van der Waals surface area contributed by atoms with Crippen molar-refractivity contribution in [1.29, 1.82) is 0 Å². The van der Waals surface area contributed by atoms with E-state index in [4.69, 9.17) is 11.6 Å². The number of halogens is 1. The van der Waals surface area contributed by atoms with Crippen molar-refractivity contribution in [2.45, 2.75) is 50.3 Å². The van der Waals surface area contributed by atoms with Crippen LogP contribution in [0, 0.1) is 0 Å². The molecule has 1 N–H and O–H groups in total. The molecular weight excluding hydrogens is 358 g/mol. The molecule has 0 radical (unpaired) electrons. The van der Waals surface area contributed by atoms with Gasteiger partial charge in [0.15, 0.2) is 0 Å². The van der Waals surface area contributed by atoms with Gasteiger partial charge in [0.2, 0.25) is 0 Å². The molecule has 0 saturated carbocycles. The lowest BCUT2D eigenvalue weighted by atomic mass is 9.90. The lowest BCUT2D eigenvalue weighted by molar-refractivity contribution is 0.0109. The predicted molar refractivity (Wildman–Crippen MR) is 110 cm³/mol. The Bertz CT molecular complexity index is 716. The number of benzene rings is 1. The van der Waals surface area contributed by atoms with Gasteiger partial charge in [-0.15, -0.1) is 0 Å². The normalized spacial score (nSPS) is 24.9. The summed E-state index contributed by atoms with van der Waals surface area (Å²) < 4.78 is 0. The Labute approximate surface area is 166 Å². The van der Waals surface area contributed by atoms with Crippen LogP contribution < -0.4 is 4.90 Å². The highest BCUT2D eigenvalue weighted by Crippen LogP contribution is 2.29. The second-order valence-corrected chi connectivity index (χ2v) is 8.24. The van der Waals surface area contributed by atoms with Gasteiger partial charge in [0.1, 0.15) is 5.82 Å². The number of aliphatic hydroxyl groups excluding tert-OH is 1. The maximum absolute atomic E-state index is 10.2. The topological polar surface area (TPSA) is 39.6 Å². The maximum atomic E-state index is 10.2. The van der Waals surface area contributed by atoms with Crippen molar-refractivity contribution < 1.29 is 5.11 Å². The van der Waals surface area contributed by atoms with E-state index in [1.165, 1.54) is 5.56 Å². The predicted octanol–water partition coefficient (Wildman–Crippen LogP) is 3.77. The van der Waals surface area contributed by atoms with Crippen LogP contribution >= 0.6 is 11.6 Å². The molecule has 0 spiro atoms. The van der Waals surface area contributed by atoms with Gasteiger partial charge in [-0.1, -0.05) is 29.8 Å². The summed E-state index contributed by atoms with van der Waals surface area (Å²) in [6.07, 6.45) is 6.74. The highest BCUT2D eigenvalue weighted by Gasteiger charge is 2.34. The molecule has 1 aromatic carbocycles. The molecule has 144 valence electrons. The molecule has 0 bridgehead atoms. The van der Waals surface area contributed by atoms with Crippen LogP contribution in [-0.2, 0) is 6.42 Å². The molecule has 5 heteroatoms. The van der Waals surface area contributed by atoms with Gasteiger partial charge in [-0.2, -0.15) is 0 Å². The molecule has 1 aromatic heterocycles. The molecule has 2 aromatic rings. The minimum atomic E-state index is -0.174. The molecule has 2 aliphatic heterocycles. The van der Waals surface area contributed by atoms with Gasteiger partial charge in [0, 0.05) is 42.9 Å². The third-order valence-electron chi connectivity index (χ3n) is 6.03. The Hall–Kier alpha value is -1.62. The number of piperidine rings is 2. The Morgan fingerprint density at radius 2 is 1.78 bits per heavy atom. The van der Waals surface area contributed by atoms with Crippen LogP contribution in [0.15, 0.2) is 48.7 Å². The minimum Gasteiger partial charge on any atom is -0.393 e. The number of pyridine rings is 1. The largest absolute Gasteiger partial charge is 0.393 e. The van der Waals surface area contributed by atoms with Gasteiger partial charge in [-0.25, -0.2) is 4.98 Å². The number of aromatic nitrogens is 1. The number of nitrogens with zero attached hydrogens (tertiary/aromatic N) is 3. The Balaban J connectivity index is 1.40. The molecule has 0 aliphatic carbocycles. The molecule has 4 nitrogen and oxygen atoms in total. The summed E-state index contributed by atoms with van der Waals surface area (Å²) in [6, 6.07) is 15.3. The first kappa shape index (κ1) is 18.7. The van der Waals surface area contributed by atoms with Gasteiger partial charge in [0.05, 0.1) is 6.10 Å². The van der Waals surface area contributed by atoms with Crippen molar-refractivity contribution in [1.82, 2.24) is 9.88 Å². The first-order valence-electron chi connectivity index (χ1n) is 10.0. The van der Waals surface area contributed by atoms with Crippen molar-refractivity contribution in [2.75, 3.05) is 24.5 Å². The van der Waals surface area contributed by atoms with Gasteiger partial charge < -0.3 is 10.0 Å². The smallest absolute Gasteiger partial charge is 0.128 e. The van der Waals surface area contributed by atoms with Crippen molar-refractivity contribution >= 4 is 17.4 Å². The van der Waals surface area contributed by atoms with Gasteiger partial charge in [0.25, 0.3) is 0 Å². The van der Waals surface area contributed by atoms with Crippen LogP contribution in [0.5, 0.6) is 0 Å². The van der Waals surface area contributed by atoms with E-state index in [9.17, 15) is 5.11 Å². The standard InChI is InChI=1S/C22H28ClN3O/c23-18-6-4-17(5-7-18)15-20-16-21(27)10-14-26(20)19-8-12-25(13-9-19)22-3-1-2-11-24-22/h1-7,11,19-21,27H,8-10,12-16H2/t20-,21-/m0/s1. The number of likely N-dealkylation sites (tertiary alicyclic amines) is 1. The van der Waals surface area contributed by atoms with Crippen molar-refractivity contribution in [3.8, 4) is 0 Å². The van der Waals surface area contributed by atoms with Crippen LogP contribution in [0.4, 0.5) is 5.82 Å². The van der Waals surface area contributed by atoms with Crippen LogP contribution in [0.1, 0.15) is 31.2 Å². The summed E-state index contributed by atoms with van der Waals surface area (Å²) >= 11 is 6.03. The quantitative estimate of drug-likeness (QED) is 0.869. The maximum Gasteiger partial charge on any atom is 0.128 e. The average molecular weight is 386 g/mol. The van der Waals surface area contributed by atoms with Crippen molar-refractivity contribution in [3.63, 3.8) is 0 Å². The summed E-state index contributed by atoms with van der Waals surface area (Å²) in [5.74, 6) is 1.09. The fraction of sp³-hybridized carbons (Fsp3) is 0.500. The van der Waals surface area contributed by atoms with Crippen LogP contribution in [-0.4, -0.2) is 52.8 Å². The van der Waals surface area contributed by atoms with E-state index in [2.05, 4.69) is 39.0 Å². The third-order valence-corrected chi connectivity index (χ3v) is 6.28. The zero-order valence-corrected chi connectivity index (χ0v) is 16.4. The van der Waals surface area contributed by atoms with E-state index in [1.54, 1.807) is 0 Å². The Morgan fingerprint density at radius 3 is 2.48 bits per heavy atom. The minimum absolute atomic E-state index is 0.174. The number of anilines is 1. The van der Waals surface area contributed by atoms with Crippen LogP contribution in [0.3, 0.4) is 0 Å². The summed E-state index contributed by atoms with van der Waals surface area (Å²) in [5, 5.41) is 11.0. The molecule has 2 atom stereocenters. The van der Waals surface area contributed by atoms with Gasteiger partial charge >= 0.3 is 0 Å². The molecule has 2 saturated heterocycles.